The van der Waals surface area contributed by atoms with Gasteiger partial charge in [0.05, 0.1) is 0 Å². The van der Waals surface area contributed by atoms with E-state index in [2.05, 4.69) is 185 Å². The summed E-state index contributed by atoms with van der Waals surface area (Å²) in [5, 5.41) is 0. The Balaban J connectivity index is 0.000000147. The van der Waals surface area contributed by atoms with Crippen molar-refractivity contribution in [2.45, 2.75) is 106 Å². The van der Waals surface area contributed by atoms with Gasteiger partial charge < -0.3 is 0 Å². The van der Waals surface area contributed by atoms with Crippen LogP contribution in [0.2, 0.25) is 0 Å². The molecule has 0 radical (unpaired) electrons. The normalized spacial score (nSPS) is 18.3. The fourth-order valence-corrected chi connectivity index (χ4v) is 9.33. The summed E-state index contributed by atoms with van der Waals surface area (Å²) in [7, 11) is 0. The second-order valence-electron chi connectivity index (χ2n) is 17.1. The molecule has 0 saturated heterocycles. The van der Waals surface area contributed by atoms with Crippen LogP contribution >= 0.6 is 0 Å². The van der Waals surface area contributed by atoms with E-state index in [1.54, 1.807) is 0 Å². The van der Waals surface area contributed by atoms with Crippen LogP contribution < -0.4 is 0 Å². The molecule has 4 aromatic rings. The van der Waals surface area contributed by atoms with Crippen LogP contribution in [-0.2, 0) is 41.5 Å². The average Bonchev–Trinajstić information content (AvgIpc) is 3.83. The molecule has 8 rings (SSSR count). The second kappa shape index (κ2) is 14.8. The Morgan fingerprint density at radius 3 is 1.79 bits per heavy atom. The number of benzene rings is 4. The van der Waals surface area contributed by atoms with E-state index < -0.39 is 0 Å². The molecule has 52 heavy (non-hydrogen) atoms. The van der Waals surface area contributed by atoms with Crippen molar-refractivity contribution < 1.29 is 24.2 Å². The van der Waals surface area contributed by atoms with Crippen LogP contribution in [0, 0.1) is 23.5 Å². The number of allylic oxidation sites excluding steroid dienone is 8. The molecule has 0 amide bonds. The molecule has 264 valence electrons. The van der Waals surface area contributed by atoms with Crippen molar-refractivity contribution >= 4 is 14.4 Å². The van der Waals surface area contributed by atoms with Crippen LogP contribution in [0.4, 0.5) is 0 Å². The summed E-state index contributed by atoms with van der Waals surface area (Å²) >= 11 is 1.46. The van der Waals surface area contributed by atoms with E-state index >= 15 is 0 Å². The Kier molecular flexibility index (Phi) is 10.9. The molecule has 0 nitrogen and oxygen atoms in total. The molecule has 0 aliphatic heterocycles. The van der Waals surface area contributed by atoms with Crippen LogP contribution in [0.25, 0.3) is 22.3 Å². The van der Waals surface area contributed by atoms with Gasteiger partial charge in [0.15, 0.2) is 0 Å². The SMILES string of the molecule is CC1=[C-]C(C)(C)c2cc3c(cc21)-c1cc2c(cc1C3)C(C)(C)C=C2C.CCC1=[C-]C(CC)C=C1C(C)(C)C.[Zr+2]=[C](c1ccccc1)c1ccccc1. The zero-order chi connectivity index (χ0) is 37.6. The fourth-order valence-electron chi connectivity index (χ4n) is 8.51. The van der Waals surface area contributed by atoms with Gasteiger partial charge in [-0.15, -0.1) is 11.6 Å². The number of rotatable bonds is 4. The predicted molar refractivity (Wildman–Crippen MR) is 221 cm³/mol. The molecule has 1 atom stereocenters. The molecule has 1 unspecified atom stereocenters. The van der Waals surface area contributed by atoms with Crippen molar-refractivity contribution in [3.8, 4) is 11.1 Å². The summed E-state index contributed by atoms with van der Waals surface area (Å²) in [6.45, 7) is 25.0. The van der Waals surface area contributed by atoms with Gasteiger partial charge in [0.1, 0.15) is 0 Å². The molecule has 0 N–H and O–H groups in total. The van der Waals surface area contributed by atoms with Crippen molar-refractivity contribution in [3.63, 3.8) is 0 Å². The molecular weight excluding hydrogens is 704 g/mol. The summed E-state index contributed by atoms with van der Waals surface area (Å²) in [4.78, 5) is 0. The minimum absolute atomic E-state index is 0.0340. The Bertz CT molecular complexity index is 2000. The summed E-state index contributed by atoms with van der Waals surface area (Å²) in [5.41, 5.74) is 20.5. The topological polar surface area (TPSA) is 0 Å². The molecule has 0 aromatic heterocycles. The first-order chi connectivity index (χ1) is 24.5. The van der Waals surface area contributed by atoms with Crippen LogP contribution in [0.15, 0.2) is 108 Å². The zero-order valence-corrected chi connectivity index (χ0v) is 35.9. The molecule has 0 saturated carbocycles. The van der Waals surface area contributed by atoms with Gasteiger partial charge in [0.25, 0.3) is 0 Å². The number of hydrogen-bond acceptors (Lipinski definition) is 0. The molecule has 0 fully saturated rings. The molecule has 4 aliphatic carbocycles. The molecule has 0 bridgehead atoms. The average molecular weight is 760 g/mol. The van der Waals surface area contributed by atoms with Crippen LogP contribution in [-0.4, -0.2) is 3.21 Å². The van der Waals surface area contributed by atoms with Crippen molar-refractivity contribution in [2.75, 3.05) is 0 Å². The van der Waals surface area contributed by atoms with Crippen molar-refractivity contribution in [1.82, 2.24) is 0 Å². The molecule has 0 spiro atoms. The predicted octanol–water partition coefficient (Wildman–Crippen LogP) is 13.4. The third-order valence-corrected chi connectivity index (χ3v) is 12.6. The standard InChI is InChI=1S/C25H25.C13H10.C13H21.Zr/c1-14-12-24(3,4)22-8-16-7-17-9-23-19(15(2)13-25(23,5)6)11-21(17)20(16)10-18(14)22;1-3-7-12(8-4-1)11-13-9-5-2-6-10-13;1-6-10-8-11(7-2)12(9-10)13(3,4)5;/h8-12H,7H2,1-6H3;1-10H;9-10H,6-7H2,1-5H3;/q-1;;-1;+2. The van der Waals surface area contributed by atoms with E-state index in [1.807, 2.05) is 0 Å². The van der Waals surface area contributed by atoms with Gasteiger partial charge in [0.2, 0.25) is 0 Å². The third-order valence-electron chi connectivity index (χ3n) is 11.2. The van der Waals surface area contributed by atoms with Crippen LogP contribution in [0.3, 0.4) is 0 Å². The summed E-state index contributed by atoms with van der Waals surface area (Å²) in [5.74, 6) is 0.573. The van der Waals surface area contributed by atoms with Gasteiger partial charge in [-0.25, -0.2) is 11.1 Å². The number of hydrogen-bond donors (Lipinski definition) is 0. The number of fused-ring (bicyclic) bond motifs is 5. The maximum absolute atomic E-state index is 3.65. The van der Waals surface area contributed by atoms with Crippen molar-refractivity contribution in [3.05, 3.63) is 165 Å². The first-order valence-corrected chi connectivity index (χ1v) is 20.5. The monoisotopic (exact) mass is 758 g/mol. The Morgan fingerprint density at radius 2 is 1.29 bits per heavy atom. The fraction of sp³-hybridized carbons (Fsp3) is 0.353. The summed E-state index contributed by atoms with van der Waals surface area (Å²) in [6, 6.07) is 30.9. The molecule has 1 heteroatoms. The quantitative estimate of drug-likeness (QED) is 0.160. The third kappa shape index (κ3) is 7.64. The van der Waals surface area contributed by atoms with Crippen molar-refractivity contribution in [1.29, 1.82) is 0 Å². The first-order valence-electron chi connectivity index (χ1n) is 19.3. The summed E-state index contributed by atoms with van der Waals surface area (Å²) < 4.78 is 1.42. The van der Waals surface area contributed by atoms with Crippen LogP contribution in [0.5, 0.6) is 0 Å². The molecule has 4 aromatic carbocycles. The van der Waals surface area contributed by atoms with E-state index in [-0.39, 0.29) is 10.8 Å². The van der Waals surface area contributed by atoms with Crippen LogP contribution in [0.1, 0.15) is 134 Å². The second-order valence-corrected chi connectivity index (χ2v) is 18.4. The molecular formula is C51H56Zr. The van der Waals surface area contributed by atoms with E-state index in [9.17, 15) is 0 Å². The minimum atomic E-state index is 0.0340. The molecule has 0 heterocycles. The van der Waals surface area contributed by atoms with E-state index in [0.29, 0.717) is 11.3 Å². The van der Waals surface area contributed by atoms with E-state index in [0.717, 1.165) is 12.8 Å². The maximum atomic E-state index is 3.65. The summed E-state index contributed by atoms with van der Waals surface area (Å²) in [6.07, 6.45) is 15.4. The van der Waals surface area contributed by atoms with Gasteiger partial charge in [-0.1, -0.05) is 117 Å². The Labute approximate surface area is 330 Å². The Morgan fingerprint density at radius 1 is 0.750 bits per heavy atom. The first kappa shape index (κ1) is 38.3. The van der Waals surface area contributed by atoms with Gasteiger partial charge in [-0.2, -0.15) is 17.2 Å². The van der Waals surface area contributed by atoms with Gasteiger partial charge in [0, 0.05) is 5.41 Å². The van der Waals surface area contributed by atoms with Crippen molar-refractivity contribution in [2.24, 2.45) is 11.3 Å². The molecule has 4 aliphatic rings. The van der Waals surface area contributed by atoms with E-state index in [1.165, 1.54) is 112 Å². The Hall–Kier alpha value is -3.41. The van der Waals surface area contributed by atoms with E-state index in [4.69, 9.17) is 0 Å². The van der Waals surface area contributed by atoms with Gasteiger partial charge >= 0.3 is 99.2 Å². The van der Waals surface area contributed by atoms with Gasteiger partial charge in [-0.05, 0) is 58.4 Å². The van der Waals surface area contributed by atoms with Gasteiger partial charge in [-0.3, -0.25) is 12.2 Å². The zero-order valence-electron chi connectivity index (χ0n) is 33.4.